The van der Waals surface area contributed by atoms with Gasteiger partial charge >= 0.3 is 6.18 Å². The Labute approximate surface area is 161 Å². The summed E-state index contributed by atoms with van der Waals surface area (Å²) < 4.78 is 47.0. The number of halogens is 3. The van der Waals surface area contributed by atoms with Crippen LogP contribution >= 0.6 is 11.8 Å². The fraction of sp³-hybridized carbons (Fsp3) is 0.375. The van der Waals surface area contributed by atoms with E-state index in [-0.39, 0.29) is 16.9 Å². The highest BCUT2D eigenvalue weighted by atomic mass is 32.2. The minimum absolute atomic E-state index is 0.0369. The van der Waals surface area contributed by atoms with Gasteiger partial charge in [-0.2, -0.15) is 13.2 Å². The molecular weight excluding hydrogens is 395 g/mol. The van der Waals surface area contributed by atoms with Crippen LogP contribution in [0, 0.1) is 0 Å². The van der Waals surface area contributed by atoms with E-state index >= 15 is 0 Å². The summed E-state index contributed by atoms with van der Waals surface area (Å²) in [5.41, 5.74) is -0.589. The molecule has 4 heterocycles. The molecule has 1 fully saturated rings. The smallest absolute Gasteiger partial charge is 0.381 e. The Bertz CT molecular complexity index is 945. The van der Waals surface area contributed by atoms with Gasteiger partial charge in [-0.3, -0.25) is 4.98 Å². The highest BCUT2D eigenvalue weighted by molar-refractivity contribution is 7.99. The van der Waals surface area contributed by atoms with E-state index in [0.717, 1.165) is 30.7 Å². The summed E-state index contributed by atoms with van der Waals surface area (Å²) in [6.07, 6.45) is -0.196. The van der Waals surface area contributed by atoms with Crippen LogP contribution in [0.4, 0.5) is 13.2 Å². The van der Waals surface area contributed by atoms with Gasteiger partial charge in [-0.05, 0) is 47.2 Å². The summed E-state index contributed by atoms with van der Waals surface area (Å²) in [7, 11) is 0. The molecule has 3 aromatic rings. The van der Waals surface area contributed by atoms with Crippen molar-refractivity contribution in [3.63, 3.8) is 0 Å². The zero-order valence-corrected chi connectivity index (χ0v) is 15.2. The molecule has 1 aliphatic heterocycles. The summed E-state index contributed by atoms with van der Waals surface area (Å²) in [5.74, 6) is -0.0372. The van der Waals surface area contributed by atoms with Gasteiger partial charge in [-0.1, -0.05) is 0 Å². The lowest BCUT2D eigenvalue weighted by molar-refractivity contribution is -0.141. The van der Waals surface area contributed by atoms with Crippen LogP contribution in [-0.2, 0) is 10.9 Å². The lowest BCUT2D eigenvalue weighted by Crippen LogP contribution is -2.21. The van der Waals surface area contributed by atoms with Crippen LogP contribution in [0.2, 0.25) is 0 Å². The molecular formula is C16H14F3N7OS. The van der Waals surface area contributed by atoms with Crippen molar-refractivity contribution in [2.45, 2.75) is 35.2 Å². The maximum absolute atomic E-state index is 13.3. The van der Waals surface area contributed by atoms with Crippen molar-refractivity contribution in [2.75, 3.05) is 13.2 Å². The molecule has 28 heavy (non-hydrogen) atoms. The molecule has 0 unspecified atom stereocenters. The molecule has 3 aromatic heterocycles. The summed E-state index contributed by atoms with van der Waals surface area (Å²) in [6.45, 7) is 1.18. The average Bonchev–Trinajstić information content (AvgIpc) is 3.16. The van der Waals surface area contributed by atoms with Crippen LogP contribution in [0.3, 0.4) is 0 Å². The highest BCUT2D eigenvalue weighted by Gasteiger charge is 2.34. The van der Waals surface area contributed by atoms with E-state index in [1.165, 1.54) is 12.4 Å². The maximum Gasteiger partial charge on any atom is 0.433 e. The molecule has 8 nitrogen and oxygen atoms in total. The van der Waals surface area contributed by atoms with Gasteiger partial charge in [0.1, 0.15) is 10.7 Å². The minimum atomic E-state index is -4.60. The predicted octanol–water partition coefficient (Wildman–Crippen LogP) is 3.05. The van der Waals surface area contributed by atoms with Gasteiger partial charge < -0.3 is 4.74 Å². The first-order chi connectivity index (χ1) is 13.5. The topological polar surface area (TPSA) is 91.5 Å². The third-order valence-corrected chi connectivity index (χ3v) is 5.00. The largest absolute Gasteiger partial charge is 0.433 e. The fourth-order valence-corrected chi connectivity index (χ4v) is 3.60. The molecule has 0 atom stereocenters. The quantitative estimate of drug-likeness (QED) is 0.607. The van der Waals surface area contributed by atoms with Crippen molar-refractivity contribution in [1.29, 1.82) is 0 Å². The number of ether oxygens (including phenoxy) is 1. The lowest BCUT2D eigenvalue weighted by atomic mass is 10.1. The second-order valence-corrected chi connectivity index (χ2v) is 6.99. The summed E-state index contributed by atoms with van der Waals surface area (Å²) in [5, 5.41) is 12.1. The van der Waals surface area contributed by atoms with E-state index in [1.807, 2.05) is 0 Å². The highest BCUT2D eigenvalue weighted by Crippen LogP contribution is 2.34. The molecule has 0 radical (unpaired) electrons. The predicted molar refractivity (Wildman–Crippen MR) is 91.3 cm³/mol. The summed E-state index contributed by atoms with van der Waals surface area (Å²) in [4.78, 5) is 11.8. The number of hydrogen-bond acceptors (Lipinski definition) is 8. The Morgan fingerprint density at radius 1 is 1.11 bits per heavy atom. The van der Waals surface area contributed by atoms with Crippen LogP contribution < -0.4 is 0 Å². The first-order valence-electron chi connectivity index (χ1n) is 8.41. The van der Waals surface area contributed by atoms with Gasteiger partial charge in [-0.15, -0.1) is 5.10 Å². The van der Waals surface area contributed by atoms with E-state index in [2.05, 4.69) is 30.5 Å². The molecule has 146 valence electrons. The molecule has 1 saturated heterocycles. The summed E-state index contributed by atoms with van der Waals surface area (Å²) >= 11 is 0.973. The third-order valence-electron chi connectivity index (χ3n) is 4.13. The van der Waals surface area contributed by atoms with Gasteiger partial charge in [0.15, 0.2) is 5.82 Å². The van der Waals surface area contributed by atoms with Crippen LogP contribution in [-0.4, -0.2) is 48.4 Å². The Morgan fingerprint density at radius 3 is 2.57 bits per heavy atom. The van der Waals surface area contributed by atoms with Crippen LogP contribution in [0.5, 0.6) is 0 Å². The van der Waals surface area contributed by atoms with Gasteiger partial charge in [0.2, 0.25) is 5.16 Å². The van der Waals surface area contributed by atoms with Gasteiger partial charge in [0.25, 0.3) is 0 Å². The number of nitrogens with zero attached hydrogens (tertiary/aromatic N) is 7. The number of alkyl halides is 3. The average molecular weight is 409 g/mol. The van der Waals surface area contributed by atoms with E-state index in [9.17, 15) is 13.2 Å². The standard InChI is InChI=1S/C16H14F3N7OS/c17-16(18,19)12-9-13(22-14(21-12)10-1-5-20-6-2-10)28-15-23-24-25-26(15)11-3-7-27-8-4-11/h1-2,5-6,9,11H,3-4,7-8H2. The van der Waals surface area contributed by atoms with E-state index in [4.69, 9.17) is 4.74 Å². The van der Waals surface area contributed by atoms with Crippen LogP contribution in [0.25, 0.3) is 11.4 Å². The first-order valence-corrected chi connectivity index (χ1v) is 9.22. The zero-order valence-electron chi connectivity index (χ0n) is 14.4. The molecule has 12 heteroatoms. The second kappa shape index (κ2) is 7.80. The normalized spacial score (nSPS) is 15.7. The van der Waals surface area contributed by atoms with Crippen LogP contribution in [0.15, 0.2) is 40.8 Å². The van der Waals surface area contributed by atoms with Crippen molar-refractivity contribution >= 4 is 11.8 Å². The minimum Gasteiger partial charge on any atom is -0.381 e. The monoisotopic (exact) mass is 409 g/mol. The number of tetrazole rings is 1. The number of aromatic nitrogens is 7. The van der Waals surface area contributed by atoms with Crippen molar-refractivity contribution < 1.29 is 17.9 Å². The molecule has 0 amide bonds. The summed E-state index contributed by atoms with van der Waals surface area (Å²) in [6, 6.07) is 4.04. The second-order valence-electron chi connectivity index (χ2n) is 6.00. The number of pyridine rings is 1. The number of hydrogen-bond donors (Lipinski definition) is 0. The molecule has 0 saturated carbocycles. The molecule has 0 spiro atoms. The number of rotatable bonds is 4. The van der Waals surface area contributed by atoms with Crippen molar-refractivity contribution in [1.82, 2.24) is 35.2 Å². The molecule has 0 N–H and O–H groups in total. The Kier molecular flexibility index (Phi) is 5.22. The van der Waals surface area contributed by atoms with E-state index < -0.39 is 11.9 Å². The van der Waals surface area contributed by atoms with Gasteiger partial charge in [-0.25, -0.2) is 14.6 Å². The molecule has 4 rings (SSSR count). The van der Waals surface area contributed by atoms with E-state index in [0.29, 0.717) is 23.9 Å². The fourth-order valence-electron chi connectivity index (χ4n) is 2.76. The van der Waals surface area contributed by atoms with Crippen molar-refractivity contribution in [3.05, 3.63) is 36.3 Å². The van der Waals surface area contributed by atoms with E-state index in [1.54, 1.807) is 16.8 Å². The molecule has 0 bridgehead atoms. The maximum atomic E-state index is 13.3. The molecule has 1 aliphatic rings. The third kappa shape index (κ3) is 4.12. The SMILES string of the molecule is FC(F)(F)c1cc(Sc2nnnn2C2CCOCC2)nc(-c2ccncc2)n1. The Balaban J connectivity index is 1.69. The van der Waals surface area contributed by atoms with Crippen molar-refractivity contribution in [2.24, 2.45) is 0 Å². The Hall–Kier alpha value is -2.60. The van der Waals surface area contributed by atoms with Gasteiger partial charge in [0, 0.05) is 37.2 Å². The molecule has 0 aliphatic carbocycles. The lowest BCUT2D eigenvalue weighted by Gasteiger charge is -2.22. The van der Waals surface area contributed by atoms with Crippen LogP contribution in [0.1, 0.15) is 24.6 Å². The van der Waals surface area contributed by atoms with Gasteiger partial charge in [0.05, 0.1) is 6.04 Å². The van der Waals surface area contributed by atoms with Crippen molar-refractivity contribution in [3.8, 4) is 11.4 Å². The molecule has 0 aromatic carbocycles. The zero-order chi connectivity index (χ0) is 19.6. The first kappa shape index (κ1) is 18.7. The Morgan fingerprint density at radius 2 is 1.86 bits per heavy atom.